The van der Waals surface area contributed by atoms with Gasteiger partial charge in [-0.3, -0.25) is 4.79 Å². The van der Waals surface area contributed by atoms with Crippen molar-refractivity contribution >= 4 is 55.9 Å². The molecule has 20 heavy (non-hydrogen) atoms. The zero-order chi connectivity index (χ0) is 14.3. The lowest BCUT2D eigenvalue weighted by Crippen LogP contribution is -2.00. The number of benzene rings is 2. The van der Waals surface area contributed by atoms with E-state index in [1.165, 1.54) is 0 Å². The van der Waals surface area contributed by atoms with Crippen molar-refractivity contribution in [3.8, 4) is 0 Å². The van der Waals surface area contributed by atoms with Crippen LogP contribution in [-0.2, 0) is 0 Å². The summed E-state index contributed by atoms with van der Waals surface area (Å²) in [5, 5.41) is 1.60. The number of ketones is 1. The lowest BCUT2D eigenvalue weighted by molar-refractivity contribution is 0.101. The third-order valence-electron chi connectivity index (χ3n) is 2.88. The van der Waals surface area contributed by atoms with E-state index >= 15 is 0 Å². The number of carbonyl (C=O) groups is 1. The van der Waals surface area contributed by atoms with Gasteiger partial charge in [0.25, 0.3) is 0 Å². The Morgan fingerprint density at radius 2 is 1.85 bits per heavy atom. The third-order valence-corrected chi connectivity index (χ3v) is 4.07. The lowest BCUT2D eigenvalue weighted by Gasteiger charge is -1.99. The molecule has 0 amide bonds. The van der Waals surface area contributed by atoms with Crippen LogP contribution in [0.1, 0.15) is 16.1 Å². The molecule has 3 aromatic rings. The van der Waals surface area contributed by atoms with E-state index < -0.39 is 0 Å². The Labute approximate surface area is 133 Å². The molecule has 1 aromatic heterocycles. The molecular formula is C15H7BrCl2O2. The first kappa shape index (κ1) is 13.7. The van der Waals surface area contributed by atoms with Crippen LogP contribution in [0.3, 0.4) is 0 Å². The van der Waals surface area contributed by atoms with Crippen LogP contribution in [0.2, 0.25) is 10.0 Å². The number of carbonyl (C=O) groups excluding carboxylic acids is 1. The molecule has 0 spiro atoms. The van der Waals surface area contributed by atoms with Crippen molar-refractivity contribution in [2.24, 2.45) is 0 Å². The molecule has 3 rings (SSSR count). The highest BCUT2D eigenvalue weighted by Gasteiger charge is 2.18. The van der Waals surface area contributed by atoms with Crippen molar-refractivity contribution in [2.45, 2.75) is 0 Å². The summed E-state index contributed by atoms with van der Waals surface area (Å²) in [5.41, 5.74) is 1.00. The van der Waals surface area contributed by atoms with Crippen molar-refractivity contribution < 1.29 is 9.21 Å². The fraction of sp³-hybridized carbons (Fsp3) is 0. The Balaban J connectivity index is 2.14. The monoisotopic (exact) mass is 368 g/mol. The van der Waals surface area contributed by atoms with Crippen LogP contribution in [0.25, 0.3) is 11.0 Å². The Bertz CT molecular complexity index is 824. The molecule has 1 heterocycles. The van der Waals surface area contributed by atoms with Gasteiger partial charge in [0.2, 0.25) is 5.78 Å². The summed E-state index contributed by atoms with van der Waals surface area (Å²) in [6, 6.07) is 12.1. The summed E-state index contributed by atoms with van der Waals surface area (Å²) in [7, 11) is 0. The first-order chi connectivity index (χ1) is 9.56. The van der Waals surface area contributed by atoms with Gasteiger partial charge in [-0.25, -0.2) is 0 Å². The van der Waals surface area contributed by atoms with Crippen LogP contribution in [0.5, 0.6) is 0 Å². The zero-order valence-electron chi connectivity index (χ0n) is 9.99. The van der Waals surface area contributed by atoms with Gasteiger partial charge in [-0.15, -0.1) is 0 Å². The average Bonchev–Trinajstić information content (AvgIpc) is 2.82. The fourth-order valence-corrected chi connectivity index (χ4v) is 2.98. The molecule has 0 aliphatic carbocycles. The predicted molar refractivity (Wildman–Crippen MR) is 83.8 cm³/mol. The van der Waals surface area contributed by atoms with Crippen molar-refractivity contribution in [1.82, 2.24) is 0 Å². The van der Waals surface area contributed by atoms with Gasteiger partial charge in [-0.05, 0) is 30.3 Å². The first-order valence-electron chi connectivity index (χ1n) is 5.74. The smallest absolute Gasteiger partial charge is 0.229 e. The highest BCUT2D eigenvalue weighted by atomic mass is 79.9. The molecule has 0 radical (unpaired) electrons. The molecule has 0 bridgehead atoms. The maximum Gasteiger partial charge on any atom is 0.229 e. The van der Waals surface area contributed by atoms with Crippen LogP contribution in [0.15, 0.2) is 51.4 Å². The highest BCUT2D eigenvalue weighted by Crippen LogP contribution is 2.31. The lowest BCUT2D eigenvalue weighted by atomic mass is 10.1. The molecule has 5 heteroatoms. The minimum Gasteiger partial charge on any atom is -0.451 e. The molecule has 2 nitrogen and oxygen atoms in total. The number of hydrogen-bond acceptors (Lipinski definition) is 2. The quantitative estimate of drug-likeness (QED) is 0.539. The fourth-order valence-electron chi connectivity index (χ4n) is 1.97. The van der Waals surface area contributed by atoms with Crippen molar-refractivity contribution in [1.29, 1.82) is 0 Å². The average molecular weight is 370 g/mol. The summed E-state index contributed by atoms with van der Waals surface area (Å²) in [6.07, 6.45) is 0. The van der Waals surface area contributed by atoms with Gasteiger partial charge in [0.1, 0.15) is 0 Å². The van der Waals surface area contributed by atoms with Gasteiger partial charge >= 0.3 is 0 Å². The van der Waals surface area contributed by atoms with Crippen LogP contribution >= 0.6 is 39.1 Å². The Morgan fingerprint density at radius 3 is 2.60 bits per heavy atom. The Morgan fingerprint density at radius 1 is 1.10 bits per heavy atom. The molecule has 0 unspecified atom stereocenters. The normalized spacial score (nSPS) is 10.9. The maximum absolute atomic E-state index is 12.4. The van der Waals surface area contributed by atoms with Crippen LogP contribution in [0.4, 0.5) is 0 Å². The number of rotatable bonds is 2. The molecule has 0 aliphatic rings. The molecule has 100 valence electrons. The maximum atomic E-state index is 12.4. The number of fused-ring (bicyclic) bond motifs is 1. The Hall–Kier alpha value is -1.29. The SMILES string of the molecule is O=C(c1cc2cc(Cl)cc(Cl)c2o1)c1ccccc1Br. The van der Waals surface area contributed by atoms with Gasteiger partial charge in [-0.1, -0.05) is 51.3 Å². The summed E-state index contributed by atoms with van der Waals surface area (Å²) < 4.78 is 6.28. The highest BCUT2D eigenvalue weighted by molar-refractivity contribution is 9.10. The van der Waals surface area contributed by atoms with E-state index in [1.54, 1.807) is 36.4 Å². The number of hydrogen-bond donors (Lipinski definition) is 0. The van der Waals surface area contributed by atoms with Crippen molar-refractivity contribution in [2.75, 3.05) is 0 Å². The van der Waals surface area contributed by atoms with Crippen molar-refractivity contribution in [3.05, 3.63) is 68.3 Å². The van der Waals surface area contributed by atoms with Gasteiger partial charge in [0.15, 0.2) is 11.3 Å². The summed E-state index contributed by atoms with van der Waals surface area (Å²) in [6.45, 7) is 0. The standard InChI is InChI=1S/C15H7BrCl2O2/c16-11-4-2-1-3-10(11)14(19)13-6-8-5-9(17)7-12(18)15(8)20-13/h1-7H. The molecule has 0 saturated carbocycles. The van der Waals surface area contributed by atoms with E-state index in [0.717, 1.165) is 4.47 Å². The molecule has 0 atom stereocenters. The van der Waals surface area contributed by atoms with E-state index in [1.807, 2.05) is 6.07 Å². The molecular weight excluding hydrogens is 363 g/mol. The van der Waals surface area contributed by atoms with E-state index in [9.17, 15) is 4.79 Å². The van der Waals surface area contributed by atoms with E-state index in [0.29, 0.717) is 26.6 Å². The van der Waals surface area contributed by atoms with Gasteiger partial charge < -0.3 is 4.42 Å². The second kappa shape index (κ2) is 5.24. The zero-order valence-corrected chi connectivity index (χ0v) is 13.1. The first-order valence-corrected chi connectivity index (χ1v) is 7.29. The van der Waals surface area contributed by atoms with E-state index in [-0.39, 0.29) is 11.5 Å². The van der Waals surface area contributed by atoms with Gasteiger partial charge in [0, 0.05) is 20.4 Å². The third kappa shape index (κ3) is 2.37. The molecule has 0 fully saturated rings. The minimum atomic E-state index is -0.208. The molecule has 0 saturated heterocycles. The van der Waals surface area contributed by atoms with Crippen LogP contribution in [0, 0.1) is 0 Å². The van der Waals surface area contributed by atoms with Crippen molar-refractivity contribution in [3.63, 3.8) is 0 Å². The molecule has 0 N–H and O–H groups in total. The van der Waals surface area contributed by atoms with Crippen LogP contribution < -0.4 is 0 Å². The molecule has 2 aromatic carbocycles. The summed E-state index contributed by atoms with van der Waals surface area (Å²) in [5.74, 6) is 0.0249. The molecule has 0 aliphatic heterocycles. The second-order valence-corrected chi connectivity index (χ2v) is 5.92. The second-order valence-electron chi connectivity index (χ2n) is 4.23. The summed E-state index contributed by atoms with van der Waals surface area (Å²) in [4.78, 5) is 12.4. The summed E-state index contributed by atoms with van der Waals surface area (Å²) >= 11 is 15.3. The topological polar surface area (TPSA) is 30.2 Å². The Kier molecular flexibility index (Phi) is 3.59. The van der Waals surface area contributed by atoms with Crippen LogP contribution in [-0.4, -0.2) is 5.78 Å². The number of furan rings is 1. The van der Waals surface area contributed by atoms with Gasteiger partial charge in [0.05, 0.1) is 5.02 Å². The van der Waals surface area contributed by atoms with Gasteiger partial charge in [-0.2, -0.15) is 0 Å². The number of halogens is 3. The minimum absolute atomic E-state index is 0.208. The van der Waals surface area contributed by atoms with E-state index in [4.69, 9.17) is 27.6 Å². The largest absolute Gasteiger partial charge is 0.451 e. The predicted octanol–water partition coefficient (Wildman–Crippen LogP) is 5.73. The van der Waals surface area contributed by atoms with E-state index in [2.05, 4.69) is 15.9 Å².